The number of carbonyl (C=O) groups is 1. The molecule has 0 unspecified atom stereocenters. The second kappa shape index (κ2) is 4.45. The first-order valence-electron chi connectivity index (χ1n) is 4.68. The van der Waals surface area contributed by atoms with Gasteiger partial charge in [-0.25, -0.2) is 0 Å². The van der Waals surface area contributed by atoms with Crippen molar-refractivity contribution in [3.8, 4) is 0 Å². The molecule has 1 aliphatic heterocycles. The first kappa shape index (κ1) is 9.52. The predicted molar refractivity (Wildman–Crippen MR) is 48.9 cm³/mol. The zero-order valence-electron chi connectivity index (χ0n) is 7.97. The van der Waals surface area contributed by atoms with E-state index >= 15 is 0 Å². The monoisotopic (exact) mass is 170 g/mol. The van der Waals surface area contributed by atoms with Gasteiger partial charge in [-0.3, -0.25) is 4.79 Å². The summed E-state index contributed by atoms with van der Waals surface area (Å²) in [6.45, 7) is 7.66. The Morgan fingerprint density at radius 1 is 1.58 bits per heavy atom. The van der Waals surface area contributed by atoms with E-state index in [0.717, 1.165) is 26.1 Å². The molecule has 1 saturated heterocycles. The minimum Gasteiger partial charge on any atom is -0.340 e. The Bertz CT molecular complexity index is 157. The minimum atomic E-state index is 0.252. The Kier molecular flexibility index (Phi) is 3.53. The molecule has 0 saturated carbocycles. The predicted octanol–water partition coefficient (Wildman–Crippen LogP) is 0.464. The Balaban J connectivity index is 2.25. The van der Waals surface area contributed by atoms with Crippen LogP contribution in [-0.4, -0.2) is 37.0 Å². The molecule has 3 heteroatoms. The molecule has 0 bridgehead atoms. The van der Waals surface area contributed by atoms with Crippen LogP contribution in [0.4, 0.5) is 0 Å². The van der Waals surface area contributed by atoms with Crippen LogP contribution in [0.15, 0.2) is 0 Å². The molecule has 1 N–H and O–H groups in total. The summed E-state index contributed by atoms with van der Waals surface area (Å²) in [5.41, 5.74) is 0. The van der Waals surface area contributed by atoms with E-state index in [9.17, 15) is 4.79 Å². The Morgan fingerprint density at radius 2 is 2.33 bits per heavy atom. The number of rotatable bonds is 3. The van der Waals surface area contributed by atoms with Crippen LogP contribution < -0.4 is 5.32 Å². The number of nitrogens with one attached hydrogen (secondary N) is 1. The molecule has 1 rings (SSSR count). The van der Waals surface area contributed by atoms with Gasteiger partial charge in [-0.2, -0.15) is 0 Å². The van der Waals surface area contributed by atoms with Crippen molar-refractivity contribution in [3.63, 3.8) is 0 Å². The van der Waals surface area contributed by atoms with Gasteiger partial charge in [0.15, 0.2) is 0 Å². The lowest BCUT2D eigenvalue weighted by Gasteiger charge is -2.27. The topological polar surface area (TPSA) is 32.3 Å². The van der Waals surface area contributed by atoms with Crippen molar-refractivity contribution in [2.24, 2.45) is 5.92 Å². The first-order chi connectivity index (χ1) is 5.70. The Morgan fingerprint density at radius 3 is 2.92 bits per heavy atom. The third-order valence-electron chi connectivity index (χ3n) is 2.16. The Labute approximate surface area is 74.1 Å². The maximum atomic E-state index is 11.3. The second-order valence-electron chi connectivity index (χ2n) is 3.74. The first-order valence-corrected chi connectivity index (χ1v) is 4.68. The van der Waals surface area contributed by atoms with Crippen LogP contribution in [0.25, 0.3) is 0 Å². The maximum Gasteiger partial charge on any atom is 0.236 e. The highest BCUT2D eigenvalue weighted by molar-refractivity contribution is 5.78. The molecule has 0 aromatic rings. The van der Waals surface area contributed by atoms with Crippen molar-refractivity contribution < 1.29 is 4.79 Å². The molecular formula is C9H18N2O. The average molecular weight is 170 g/mol. The molecule has 1 heterocycles. The van der Waals surface area contributed by atoms with Gasteiger partial charge in [0.25, 0.3) is 0 Å². The quantitative estimate of drug-likeness (QED) is 0.667. The third kappa shape index (κ3) is 2.81. The summed E-state index contributed by atoms with van der Waals surface area (Å²) in [7, 11) is 0. The lowest BCUT2D eigenvalue weighted by atomic mass is 10.1. The summed E-state index contributed by atoms with van der Waals surface area (Å²) in [5.74, 6) is 0.939. The maximum absolute atomic E-state index is 11.3. The van der Waals surface area contributed by atoms with Crippen LogP contribution in [0.2, 0.25) is 0 Å². The van der Waals surface area contributed by atoms with Gasteiger partial charge in [-0.1, -0.05) is 13.8 Å². The van der Waals surface area contributed by atoms with Crippen molar-refractivity contribution in [1.29, 1.82) is 0 Å². The van der Waals surface area contributed by atoms with Gasteiger partial charge < -0.3 is 10.2 Å². The molecule has 70 valence electrons. The van der Waals surface area contributed by atoms with Gasteiger partial charge in [0.2, 0.25) is 5.91 Å². The van der Waals surface area contributed by atoms with E-state index in [0.29, 0.717) is 12.5 Å². The number of hydrogen-bond acceptors (Lipinski definition) is 2. The fraction of sp³-hybridized carbons (Fsp3) is 0.889. The van der Waals surface area contributed by atoms with E-state index in [-0.39, 0.29) is 5.91 Å². The molecule has 0 aliphatic carbocycles. The van der Waals surface area contributed by atoms with Crippen molar-refractivity contribution in [3.05, 3.63) is 0 Å². The van der Waals surface area contributed by atoms with Crippen LogP contribution in [0.5, 0.6) is 0 Å². The highest BCUT2D eigenvalue weighted by Crippen LogP contribution is 2.03. The lowest BCUT2D eigenvalue weighted by Crippen LogP contribution is -2.48. The van der Waals surface area contributed by atoms with E-state index in [4.69, 9.17) is 0 Å². The molecule has 0 atom stereocenters. The third-order valence-corrected chi connectivity index (χ3v) is 2.16. The van der Waals surface area contributed by atoms with Gasteiger partial charge in [0.05, 0.1) is 6.54 Å². The summed E-state index contributed by atoms with van der Waals surface area (Å²) in [6, 6.07) is 0. The van der Waals surface area contributed by atoms with E-state index in [1.807, 2.05) is 4.90 Å². The molecule has 1 fully saturated rings. The number of hydrogen-bond donors (Lipinski definition) is 1. The van der Waals surface area contributed by atoms with Crippen molar-refractivity contribution in [1.82, 2.24) is 10.2 Å². The lowest BCUT2D eigenvalue weighted by molar-refractivity contribution is -0.132. The highest BCUT2D eigenvalue weighted by atomic mass is 16.2. The highest BCUT2D eigenvalue weighted by Gasteiger charge is 2.16. The molecule has 1 aliphatic rings. The van der Waals surface area contributed by atoms with Crippen LogP contribution >= 0.6 is 0 Å². The summed E-state index contributed by atoms with van der Waals surface area (Å²) >= 11 is 0. The number of nitrogens with zero attached hydrogens (tertiary/aromatic N) is 1. The van der Waals surface area contributed by atoms with Crippen molar-refractivity contribution >= 4 is 5.91 Å². The number of amides is 1. The molecule has 0 radical (unpaired) electrons. The SMILES string of the molecule is CC(C)CCN1CCNCC1=O. The number of carbonyl (C=O) groups excluding carboxylic acids is 1. The van der Waals surface area contributed by atoms with E-state index < -0.39 is 0 Å². The van der Waals surface area contributed by atoms with E-state index in [1.165, 1.54) is 0 Å². The van der Waals surface area contributed by atoms with Gasteiger partial charge >= 0.3 is 0 Å². The molecule has 1 amide bonds. The van der Waals surface area contributed by atoms with Gasteiger partial charge in [-0.15, -0.1) is 0 Å². The zero-order valence-corrected chi connectivity index (χ0v) is 7.97. The molecular weight excluding hydrogens is 152 g/mol. The van der Waals surface area contributed by atoms with E-state index in [2.05, 4.69) is 19.2 Å². The van der Waals surface area contributed by atoms with Crippen LogP contribution in [0.1, 0.15) is 20.3 Å². The second-order valence-corrected chi connectivity index (χ2v) is 3.74. The largest absolute Gasteiger partial charge is 0.340 e. The smallest absolute Gasteiger partial charge is 0.236 e. The van der Waals surface area contributed by atoms with Crippen LogP contribution in [0.3, 0.4) is 0 Å². The molecule has 0 aromatic heterocycles. The summed E-state index contributed by atoms with van der Waals surface area (Å²) in [6.07, 6.45) is 1.12. The average Bonchev–Trinajstić information content (AvgIpc) is 2.03. The normalized spacial score (nSPS) is 18.9. The standard InChI is InChI=1S/C9H18N2O/c1-8(2)3-5-11-6-4-10-7-9(11)12/h8,10H,3-7H2,1-2H3. The van der Waals surface area contributed by atoms with Crippen LogP contribution in [-0.2, 0) is 4.79 Å². The summed E-state index contributed by atoms with van der Waals surface area (Å²) in [4.78, 5) is 13.2. The van der Waals surface area contributed by atoms with Crippen molar-refractivity contribution in [2.75, 3.05) is 26.2 Å². The van der Waals surface area contributed by atoms with Gasteiger partial charge in [0, 0.05) is 19.6 Å². The van der Waals surface area contributed by atoms with Crippen molar-refractivity contribution in [2.45, 2.75) is 20.3 Å². The van der Waals surface area contributed by atoms with Gasteiger partial charge in [0.1, 0.15) is 0 Å². The fourth-order valence-electron chi connectivity index (χ4n) is 1.30. The molecule has 0 spiro atoms. The molecule has 3 nitrogen and oxygen atoms in total. The number of piperazine rings is 1. The van der Waals surface area contributed by atoms with Gasteiger partial charge in [-0.05, 0) is 12.3 Å². The minimum absolute atomic E-state index is 0.252. The fourth-order valence-corrected chi connectivity index (χ4v) is 1.30. The Hall–Kier alpha value is -0.570. The van der Waals surface area contributed by atoms with E-state index in [1.54, 1.807) is 0 Å². The van der Waals surface area contributed by atoms with Crippen LogP contribution in [0, 0.1) is 5.92 Å². The molecule has 12 heavy (non-hydrogen) atoms. The summed E-state index contributed by atoms with van der Waals surface area (Å²) in [5, 5.41) is 3.06. The summed E-state index contributed by atoms with van der Waals surface area (Å²) < 4.78 is 0. The zero-order chi connectivity index (χ0) is 8.97. The molecule has 0 aromatic carbocycles.